The number of piperazine rings is 1. The van der Waals surface area contributed by atoms with Crippen LogP contribution >= 0.6 is 23.2 Å². The van der Waals surface area contributed by atoms with Crippen molar-refractivity contribution in [2.75, 3.05) is 25.0 Å². The smallest absolute Gasteiger partial charge is 0.256 e. The summed E-state index contributed by atoms with van der Waals surface area (Å²) < 4.78 is 1.50. The van der Waals surface area contributed by atoms with Crippen LogP contribution in [-0.2, 0) is 24.0 Å². The van der Waals surface area contributed by atoms with Gasteiger partial charge in [0.2, 0.25) is 29.5 Å². The molecular formula is C46H40Cl2N6O6. The molecule has 2 unspecified atom stereocenters. The fourth-order valence-corrected chi connectivity index (χ4v) is 9.64. The van der Waals surface area contributed by atoms with E-state index in [0.717, 1.165) is 18.5 Å². The SMILES string of the molecule is Cc1cccc(=O)n1-c1ccc(-c2cc(-c3ccc(C4CCC(=O)NC4=O)c(Cl)c3-c3ccc(N4CC5(CC5)N(C)CC4=O)cc3)cc(C3CCC(=O)NC3=O)c2Cl)cn1. The van der Waals surface area contributed by atoms with Crippen molar-refractivity contribution in [3.8, 4) is 39.2 Å². The van der Waals surface area contributed by atoms with E-state index >= 15 is 0 Å². The highest BCUT2D eigenvalue weighted by Crippen LogP contribution is 2.48. The molecule has 4 aliphatic rings. The molecule has 60 heavy (non-hydrogen) atoms. The zero-order chi connectivity index (χ0) is 42.0. The average Bonchev–Trinajstić information content (AvgIpc) is 4.01. The van der Waals surface area contributed by atoms with E-state index in [1.54, 1.807) is 24.4 Å². The van der Waals surface area contributed by atoms with Gasteiger partial charge in [0.1, 0.15) is 5.82 Å². The van der Waals surface area contributed by atoms with Gasteiger partial charge in [0, 0.05) is 65.3 Å². The summed E-state index contributed by atoms with van der Waals surface area (Å²) in [6.07, 6.45) is 4.53. The summed E-state index contributed by atoms with van der Waals surface area (Å²) in [5.41, 5.74) is 6.10. The molecule has 9 rings (SSSR count). The maximum Gasteiger partial charge on any atom is 0.256 e. The van der Waals surface area contributed by atoms with Crippen LogP contribution in [0.2, 0.25) is 10.0 Å². The van der Waals surface area contributed by atoms with Crippen molar-refractivity contribution in [2.45, 2.75) is 62.8 Å². The van der Waals surface area contributed by atoms with E-state index in [1.165, 1.54) is 10.6 Å². The van der Waals surface area contributed by atoms with Crippen LogP contribution in [0.15, 0.2) is 89.9 Å². The molecule has 5 aromatic rings. The van der Waals surface area contributed by atoms with Gasteiger partial charge in [0.15, 0.2) is 0 Å². The van der Waals surface area contributed by atoms with E-state index in [1.807, 2.05) is 73.5 Å². The number of amides is 5. The lowest BCUT2D eigenvalue weighted by atomic mass is 9.83. The fraction of sp³-hybridized carbons (Fsp3) is 0.283. The summed E-state index contributed by atoms with van der Waals surface area (Å²) in [5.74, 6) is -2.57. The number of nitrogens with one attached hydrogen (secondary N) is 2. The topological polar surface area (TPSA) is 151 Å². The van der Waals surface area contributed by atoms with Gasteiger partial charge in [0.25, 0.3) is 5.56 Å². The van der Waals surface area contributed by atoms with Crippen molar-refractivity contribution in [3.05, 3.63) is 122 Å². The first-order valence-electron chi connectivity index (χ1n) is 19.9. The molecule has 12 nitrogen and oxygen atoms in total. The average molecular weight is 844 g/mol. The number of rotatable bonds is 7. The minimum absolute atomic E-state index is 0.0000144. The first-order valence-corrected chi connectivity index (χ1v) is 20.7. The second-order valence-electron chi connectivity index (χ2n) is 16.2. The standard InChI is InChI=1S/C46H40Cl2N6O6/c1-25-4-3-5-39(57)54(25)36-15-8-27(22-49-36)34-20-28(21-35(42(34)47)33-14-17-38(56)51-45(33)60)30-11-12-31(32-13-16-37(55)50-44(32)59)43(48)41(30)26-6-9-29(10-7-26)53-24-46(18-19-46)52(2)23-40(53)58/h3-12,15,20-22,32-33H,13-14,16-19,23-24H2,1-2H3,(H,50,55,59)(H,51,56,60). The number of carbonyl (C=O) groups is 5. The van der Waals surface area contributed by atoms with Crippen molar-refractivity contribution >= 4 is 58.4 Å². The second kappa shape index (κ2) is 15.3. The number of aromatic nitrogens is 2. The Morgan fingerprint density at radius 3 is 2.00 bits per heavy atom. The van der Waals surface area contributed by atoms with Crippen molar-refractivity contribution in [1.82, 2.24) is 25.1 Å². The number of hydrogen-bond acceptors (Lipinski definition) is 8. The second-order valence-corrected chi connectivity index (χ2v) is 16.9. The maximum absolute atomic E-state index is 13.4. The van der Waals surface area contributed by atoms with Crippen LogP contribution in [0.25, 0.3) is 39.2 Å². The highest BCUT2D eigenvalue weighted by Gasteiger charge is 2.52. The van der Waals surface area contributed by atoms with Gasteiger partial charge >= 0.3 is 0 Å². The van der Waals surface area contributed by atoms with Gasteiger partial charge < -0.3 is 4.90 Å². The molecule has 3 aromatic carbocycles. The van der Waals surface area contributed by atoms with E-state index in [2.05, 4.69) is 20.5 Å². The summed E-state index contributed by atoms with van der Waals surface area (Å²) in [6.45, 7) is 2.76. The van der Waals surface area contributed by atoms with E-state index < -0.39 is 23.7 Å². The quantitative estimate of drug-likeness (QED) is 0.172. The minimum atomic E-state index is -0.747. The first kappa shape index (κ1) is 39.5. The number of halogens is 2. The number of piperidine rings is 2. The lowest BCUT2D eigenvalue weighted by Gasteiger charge is -2.39. The number of imide groups is 2. The molecular weight excluding hydrogens is 803 g/mol. The Labute approximate surface area is 355 Å². The highest BCUT2D eigenvalue weighted by molar-refractivity contribution is 6.36. The molecule has 304 valence electrons. The number of benzene rings is 3. The number of pyridine rings is 2. The molecule has 5 amide bonds. The van der Waals surface area contributed by atoms with Crippen molar-refractivity contribution in [1.29, 1.82) is 0 Å². The third-order valence-corrected chi connectivity index (χ3v) is 13.3. The third kappa shape index (κ3) is 7.02. The van der Waals surface area contributed by atoms with Crippen LogP contribution in [0.1, 0.15) is 67.2 Å². The Balaban J connectivity index is 1.20. The lowest BCUT2D eigenvalue weighted by molar-refractivity contribution is -0.135. The molecule has 3 saturated heterocycles. The molecule has 1 aliphatic carbocycles. The molecule has 3 aliphatic heterocycles. The van der Waals surface area contributed by atoms with E-state index in [-0.39, 0.29) is 54.5 Å². The number of likely N-dealkylation sites (N-methyl/N-ethyl adjacent to an activating group) is 1. The predicted molar refractivity (Wildman–Crippen MR) is 228 cm³/mol. The fourth-order valence-electron chi connectivity index (χ4n) is 8.88. The normalized spacial score (nSPS) is 20.3. The maximum atomic E-state index is 13.4. The Morgan fingerprint density at radius 1 is 0.717 bits per heavy atom. The summed E-state index contributed by atoms with van der Waals surface area (Å²) in [6, 6.07) is 23.5. The van der Waals surface area contributed by atoms with Crippen molar-refractivity contribution in [3.63, 3.8) is 0 Å². The van der Waals surface area contributed by atoms with Gasteiger partial charge in [-0.15, -0.1) is 0 Å². The molecule has 2 N–H and O–H groups in total. The Bertz CT molecular complexity index is 2710. The summed E-state index contributed by atoms with van der Waals surface area (Å²) in [5, 5.41) is 5.53. The van der Waals surface area contributed by atoms with E-state index in [0.29, 0.717) is 79.2 Å². The Hall–Kier alpha value is -5.95. The number of nitrogens with zero attached hydrogens (tertiary/aromatic N) is 4. The predicted octanol–water partition coefficient (Wildman–Crippen LogP) is 6.70. The van der Waals surface area contributed by atoms with Gasteiger partial charge in [-0.05, 0) is 110 Å². The zero-order valence-corrected chi connectivity index (χ0v) is 34.4. The summed E-state index contributed by atoms with van der Waals surface area (Å²) >= 11 is 14.7. The molecule has 2 atom stereocenters. The number of aryl methyl sites for hydroxylation is 1. The molecule has 1 spiro atoms. The highest BCUT2D eigenvalue weighted by atomic mass is 35.5. The van der Waals surface area contributed by atoms with Crippen LogP contribution in [0, 0.1) is 6.92 Å². The molecule has 1 saturated carbocycles. The molecule has 0 bridgehead atoms. The van der Waals surface area contributed by atoms with Crippen LogP contribution in [0.3, 0.4) is 0 Å². The van der Waals surface area contributed by atoms with E-state index in [4.69, 9.17) is 23.2 Å². The number of carbonyl (C=O) groups excluding carboxylic acids is 5. The van der Waals surface area contributed by atoms with Gasteiger partial charge in [-0.3, -0.25) is 48.9 Å². The van der Waals surface area contributed by atoms with Crippen LogP contribution in [0.5, 0.6) is 0 Å². The van der Waals surface area contributed by atoms with Crippen LogP contribution in [0.4, 0.5) is 5.69 Å². The minimum Gasteiger partial charge on any atom is -0.309 e. The van der Waals surface area contributed by atoms with Crippen LogP contribution in [-0.4, -0.2) is 69.7 Å². The van der Waals surface area contributed by atoms with Gasteiger partial charge in [0.05, 0.1) is 28.4 Å². The summed E-state index contributed by atoms with van der Waals surface area (Å²) in [4.78, 5) is 85.7. The summed E-state index contributed by atoms with van der Waals surface area (Å²) in [7, 11) is 2.00. The largest absolute Gasteiger partial charge is 0.309 e. The number of hydrogen-bond donors (Lipinski definition) is 2. The number of anilines is 1. The lowest BCUT2D eigenvalue weighted by Crippen LogP contribution is -2.56. The van der Waals surface area contributed by atoms with Crippen molar-refractivity contribution < 1.29 is 24.0 Å². The Morgan fingerprint density at radius 2 is 1.38 bits per heavy atom. The van der Waals surface area contributed by atoms with Gasteiger partial charge in [-0.2, -0.15) is 0 Å². The molecule has 5 heterocycles. The Kier molecular flexibility index (Phi) is 10.0. The first-order chi connectivity index (χ1) is 28.8. The van der Waals surface area contributed by atoms with Gasteiger partial charge in [-0.1, -0.05) is 53.5 Å². The molecule has 2 aromatic heterocycles. The molecule has 14 heteroatoms. The zero-order valence-electron chi connectivity index (χ0n) is 32.9. The van der Waals surface area contributed by atoms with Crippen molar-refractivity contribution in [2.24, 2.45) is 0 Å². The molecule has 0 radical (unpaired) electrons. The van der Waals surface area contributed by atoms with Gasteiger partial charge in [-0.25, -0.2) is 4.98 Å². The van der Waals surface area contributed by atoms with E-state index in [9.17, 15) is 28.8 Å². The molecule has 4 fully saturated rings. The van der Waals surface area contributed by atoms with Crippen LogP contribution < -0.4 is 21.1 Å². The monoisotopic (exact) mass is 842 g/mol. The third-order valence-electron chi connectivity index (χ3n) is 12.5.